The number of anilines is 1. The van der Waals surface area contributed by atoms with Crippen LogP contribution in [0, 0.1) is 0 Å². The number of carbonyl (C=O) groups excluding carboxylic acids is 2. The zero-order valence-corrected chi connectivity index (χ0v) is 21.4. The number of imide groups is 1. The van der Waals surface area contributed by atoms with Crippen LogP contribution in [0.4, 0.5) is 10.6 Å². The highest BCUT2D eigenvalue weighted by molar-refractivity contribution is 7.10. The van der Waals surface area contributed by atoms with Crippen molar-refractivity contribution in [3.8, 4) is 11.3 Å². The number of nitrogens with one attached hydrogen (secondary N) is 3. The molecule has 3 aliphatic rings. The first-order valence-electron chi connectivity index (χ1n) is 12.3. The molecule has 3 aromatic rings. The van der Waals surface area contributed by atoms with E-state index in [2.05, 4.69) is 63.3 Å². The highest BCUT2D eigenvalue weighted by Gasteiger charge is 2.29. The quantitative estimate of drug-likeness (QED) is 0.334. The third-order valence-corrected chi connectivity index (χ3v) is 8.35. The van der Waals surface area contributed by atoms with Crippen molar-refractivity contribution < 1.29 is 9.59 Å². The van der Waals surface area contributed by atoms with Crippen LogP contribution in [0.2, 0.25) is 0 Å². The molecule has 0 bridgehead atoms. The lowest BCUT2D eigenvalue weighted by atomic mass is 10.1. The Balaban J connectivity index is 1.34. The predicted molar refractivity (Wildman–Crippen MR) is 140 cm³/mol. The number of hydrogen-bond donors (Lipinski definition) is 3. The van der Waals surface area contributed by atoms with Crippen LogP contribution in [0.15, 0.2) is 29.4 Å². The number of hydrogen-bond acceptors (Lipinski definition) is 8. The highest BCUT2D eigenvalue weighted by atomic mass is 32.1. The molecule has 0 radical (unpaired) electrons. The topological polar surface area (TPSA) is 107 Å². The molecule has 10 nitrogen and oxygen atoms in total. The molecule has 3 amide bonds. The maximum absolute atomic E-state index is 12.1. The van der Waals surface area contributed by atoms with Gasteiger partial charge in [-0.1, -0.05) is 0 Å². The van der Waals surface area contributed by atoms with Crippen LogP contribution in [0.5, 0.6) is 0 Å². The van der Waals surface area contributed by atoms with Gasteiger partial charge in [0.15, 0.2) is 5.65 Å². The molecular weight excluding hydrogens is 476 g/mol. The Labute approximate surface area is 213 Å². The van der Waals surface area contributed by atoms with Crippen LogP contribution in [-0.4, -0.2) is 75.6 Å². The van der Waals surface area contributed by atoms with E-state index < -0.39 is 11.9 Å². The molecule has 2 saturated heterocycles. The summed E-state index contributed by atoms with van der Waals surface area (Å²) in [5, 5.41) is 15.0. The average Bonchev–Trinajstić information content (AvgIpc) is 3.25. The molecule has 5 heterocycles. The Bertz CT molecular complexity index is 1370. The molecular formula is C25H30N8O2S. The van der Waals surface area contributed by atoms with Gasteiger partial charge in [-0.25, -0.2) is 9.78 Å². The second-order valence-electron chi connectivity index (χ2n) is 10.1. The van der Waals surface area contributed by atoms with Crippen molar-refractivity contribution in [1.82, 2.24) is 35.0 Å². The number of rotatable bonds is 7. The number of likely N-dealkylation sites (N-methyl/N-ethyl adjacent to an activating group) is 1. The van der Waals surface area contributed by atoms with Crippen molar-refractivity contribution in [1.29, 1.82) is 0 Å². The summed E-state index contributed by atoms with van der Waals surface area (Å²) in [5.74, 6) is 0.415. The van der Waals surface area contributed by atoms with Crippen molar-refractivity contribution in [3.05, 3.63) is 39.8 Å². The lowest BCUT2D eigenvalue weighted by molar-refractivity contribution is -0.115. The van der Waals surface area contributed by atoms with Gasteiger partial charge in [0, 0.05) is 58.7 Å². The van der Waals surface area contributed by atoms with Crippen molar-refractivity contribution in [3.63, 3.8) is 0 Å². The largest absolute Gasteiger partial charge is 0.367 e. The Kier molecular flexibility index (Phi) is 5.78. The summed E-state index contributed by atoms with van der Waals surface area (Å²) in [4.78, 5) is 34.7. The van der Waals surface area contributed by atoms with Crippen molar-refractivity contribution in [2.24, 2.45) is 0 Å². The highest BCUT2D eigenvalue weighted by Crippen LogP contribution is 2.35. The van der Waals surface area contributed by atoms with Crippen LogP contribution in [0.3, 0.4) is 0 Å². The van der Waals surface area contributed by atoms with E-state index in [1.54, 1.807) is 28.1 Å². The van der Waals surface area contributed by atoms with E-state index in [1.165, 1.54) is 11.3 Å². The molecule has 2 atom stereocenters. The molecule has 3 N–H and O–H groups in total. The fraction of sp³-hybridized carbons (Fsp3) is 0.440. The van der Waals surface area contributed by atoms with Gasteiger partial charge in [0.05, 0.1) is 11.9 Å². The summed E-state index contributed by atoms with van der Waals surface area (Å²) in [5.41, 5.74) is 3.41. The smallest absolute Gasteiger partial charge is 0.326 e. The number of amides is 3. The number of nitrogens with zero attached hydrogens (tertiary/aromatic N) is 5. The lowest BCUT2D eigenvalue weighted by Gasteiger charge is -2.25. The van der Waals surface area contributed by atoms with Gasteiger partial charge in [0.1, 0.15) is 11.5 Å². The fourth-order valence-corrected chi connectivity index (χ4v) is 5.83. The van der Waals surface area contributed by atoms with Crippen LogP contribution in [0.25, 0.3) is 23.0 Å². The number of fused-ring (bicyclic) bond motifs is 1. The SMILES string of the molecule is CC(c1cc(-c2cc(NC3CC3)n3ncc(/C=C4\NC(=O)NC4=O)c3n2)cs1)N1CC[C@@H](N(C)C)C1. The molecule has 11 heteroatoms. The predicted octanol–water partition coefficient (Wildman–Crippen LogP) is 2.91. The Hall–Kier alpha value is -3.28. The first-order valence-corrected chi connectivity index (χ1v) is 13.2. The standard InChI is InChI=1S/C25H30N8O2S/c1-14(32-7-6-18(12-32)31(2)3)21-9-16(13-36-21)19-10-22(27-17-4-5-17)33-23(28-19)15(11-26-33)8-20-24(34)30-25(35)29-20/h8-11,13-14,17-18,27H,4-7,12H2,1-3H3,(H2,29,30,34,35)/b20-8-/t14?,18-/m1/s1. The van der Waals surface area contributed by atoms with E-state index in [-0.39, 0.29) is 5.70 Å². The van der Waals surface area contributed by atoms with E-state index >= 15 is 0 Å². The summed E-state index contributed by atoms with van der Waals surface area (Å²) < 4.78 is 1.77. The molecule has 2 aliphatic heterocycles. The van der Waals surface area contributed by atoms with Crippen LogP contribution in [-0.2, 0) is 4.79 Å². The van der Waals surface area contributed by atoms with Gasteiger partial charge in [0.25, 0.3) is 5.91 Å². The van der Waals surface area contributed by atoms with Crippen molar-refractivity contribution >= 4 is 40.8 Å². The Morgan fingerprint density at radius 1 is 1.22 bits per heavy atom. The average molecular weight is 507 g/mol. The van der Waals surface area contributed by atoms with Gasteiger partial charge in [0.2, 0.25) is 0 Å². The maximum atomic E-state index is 12.1. The minimum atomic E-state index is -0.526. The van der Waals surface area contributed by atoms with Gasteiger partial charge in [-0.3, -0.25) is 15.0 Å². The zero-order chi connectivity index (χ0) is 25.0. The lowest BCUT2D eigenvalue weighted by Crippen LogP contribution is -2.32. The summed E-state index contributed by atoms with van der Waals surface area (Å²) in [6, 6.07) is 5.16. The summed E-state index contributed by atoms with van der Waals surface area (Å²) >= 11 is 1.77. The van der Waals surface area contributed by atoms with Crippen LogP contribution < -0.4 is 16.0 Å². The van der Waals surface area contributed by atoms with Gasteiger partial charge in [-0.05, 0) is 52.4 Å². The number of carbonyl (C=O) groups is 2. The van der Waals surface area contributed by atoms with Gasteiger partial charge in [-0.2, -0.15) is 9.61 Å². The molecule has 1 aliphatic carbocycles. The Morgan fingerprint density at radius 2 is 2.06 bits per heavy atom. The van der Waals surface area contributed by atoms with Gasteiger partial charge in [-0.15, -0.1) is 11.3 Å². The van der Waals surface area contributed by atoms with Gasteiger partial charge >= 0.3 is 6.03 Å². The normalized spacial score (nSPS) is 22.6. The second kappa shape index (κ2) is 8.99. The monoisotopic (exact) mass is 506 g/mol. The minimum absolute atomic E-state index is 0.187. The van der Waals surface area contributed by atoms with Crippen molar-refractivity contribution in [2.75, 3.05) is 32.5 Å². The molecule has 36 heavy (non-hydrogen) atoms. The van der Waals surface area contributed by atoms with Crippen LogP contribution >= 0.6 is 11.3 Å². The van der Waals surface area contributed by atoms with E-state index in [9.17, 15) is 9.59 Å². The van der Waals surface area contributed by atoms with Crippen molar-refractivity contribution in [2.45, 2.75) is 44.3 Å². The third-order valence-electron chi connectivity index (χ3n) is 7.25. The molecule has 6 rings (SSSR count). The molecule has 0 spiro atoms. The third kappa shape index (κ3) is 4.38. The zero-order valence-electron chi connectivity index (χ0n) is 20.6. The minimum Gasteiger partial charge on any atom is -0.367 e. The summed E-state index contributed by atoms with van der Waals surface area (Å²) in [6.07, 6.45) is 6.75. The van der Waals surface area contributed by atoms with E-state index in [0.717, 1.165) is 43.0 Å². The number of urea groups is 1. The number of thiophene rings is 1. The summed E-state index contributed by atoms with van der Waals surface area (Å²) in [6.45, 7) is 4.47. The molecule has 188 valence electrons. The Morgan fingerprint density at radius 3 is 2.75 bits per heavy atom. The number of likely N-dealkylation sites (tertiary alicyclic amines) is 1. The molecule has 0 aromatic carbocycles. The first kappa shape index (κ1) is 23.1. The summed E-state index contributed by atoms with van der Waals surface area (Å²) in [7, 11) is 4.32. The van der Waals surface area contributed by atoms with E-state index in [4.69, 9.17) is 4.98 Å². The van der Waals surface area contributed by atoms with E-state index in [0.29, 0.717) is 29.3 Å². The second-order valence-corrected chi connectivity index (χ2v) is 11.0. The van der Waals surface area contributed by atoms with Crippen LogP contribution in [0.1, 0.15) is 42.7 Å². The van der Waals surface area contributed by atoms with E-state index in [1.807, 2.05) is 6.07 Å². The number of aromatic nitrogens is 3. The molecule has 3 fully saturated rings. The molecule has 3 aromatic heterocycles. The fourth-order valence-electron chi connectivity index (χ4n) is 4.83. The maximum Gasteiger partial charge on any atom is 0.326 e. The molecule has 1 saturated carbocycles. The van der Waals surface area contributed by atoms with Gasteiger partial charge < -0.3 is 15.5 Å². The first-order chi connectivity index (χ1) is 17.4. The molecule has 1 unspecified atom stereocenters.